The third kappa shape index (κ3) is 4.36. The predicted octanol–water partition coefficient (Wildman–Crippen LogP) is 5.63. The molecule has 1 saturated heterocycles. The molecule has 2 heteroatoms. The maximum Gasteiger partial charge on any atom is 0.157 e. The molecule has 0 radical (unpaired) electrons. The second-order valence-corrected chi connectivity index (χ2v) is 7.45. The molecule has 1 aromatic carbocycles. The maximum atomic E-state index is 5.75. The first kappa shape index (κ1) is 17.0. The van der Waals surface area contributed by atoms with Crippen LogP contribution in [0.1, 0.15) is 81.3 Å². The summed E-state index contributed by atoms with van der Waals surface area (Å²) in [5.74, 6) is 2.32. The minimum Gasteiger partial charge on any atom is -0.356 e. The summed E-state index contributed by atoms with van der Waals surface area (Å²) >= 11 is 0. The zero-order valence-electron chi connectivity index (χ0n) is 14.8. The Morgan fingerprint density at radius 2 is 1.52 bits per heavy atom. The summed E-state index contributed by atoms with van der Waals surface area (Å²) < 4.78 is 11.0. The highest BCUT2D eigenvalue weighted by Crippen LogP contribution is 2.38. The summed E-state index contributed by atoms with van der Waals surface area (Å²) in [7, 11) is 1.73. The molecule has 0 aromatic heterocycles. The standard InChI is InChI=1S/C21H32O2/c1-3-4-16-5-7-17(8-6-16)18-9-11-19(12-10-18)20-13-14-21(22-2)23-15-20/h9-12,16-17,20-21H,3-8,13-15H2,1-2H3. The highest BCUT2D eigenvalue weighted by atomic mass is 16.7. The Morgan fingerprint density at radius 3 is 2.04 bits per heavy atom. The second kappa shape index (κ2) is 8.30. The van der Waals surface area contributed by atoms with Gasteiger partial charge in [-0.2, -0.15) is 0 Å². The van der Waals surface area contributed by atoms with E-state index in [1.807, 2.05) is 0 Å². The quantitative estimate of drug-likeness (QED) is 0.701. The van der Waals surface area contributed by atoms with Crippen molar-refractivity contribution < 1.29 is 9.47 Å². The topological polar surface area (TPSA) is 18.5 Å². The molecule has 1 aromatic rings. The van der Waals surface area contributed by atoms with Crippen LogP contribution in [0.2, 0.25) is 0 Å². The van der Waals surface area contributed by atoms with Crippen molar-refractivity contribution in [3.63, 3.8) is 0 Å². The molecule has 3 rings (SSSR count). The first-order valence-electron chi connectivity index (χ1n) is 9.54. The summed E-state index contributed by atoms with van der Waals surface area (Å²) in [4.78, 5) is 0. The molecule has 2 fully saturated rings. The van der Waals surface area contributed by atoms with Crippen molar-refractivity contribution in [3.8, 4) is 0 Å². The van der Waals surface area contributed by atoms with Crippen molar-refractivity contribution in [2.75, 3.05) is 13.7 Å². The third-order valence-corrected chi connectivity index (χ3v) is 5.92. The van der Waals surface area contributed by atoms with Crippen molar-refractivity contribution in [3.05, 3.63) is 35.4 Å². The molecule has 0 spiro atoms. The zero-order valence-corrected chi connectivity index (χ0v) is 14.8. The molecule has 0 N–H and O–H groups in total. The lowest BCUT2D eigenvalue weighted by molar-refractivity contribution is -0.150. The number of benzene rings is 1. The molecular formula is C21H32O2. The van der Waals surface area contributed by atoms with Gasteiger partial charge in [-0.15, -0.1) is 0 Å². The van der Waals surface area contributed by atoms with Crippen LogP contribution in [0.25, 0.3) is 0 Å². The lowest BCUT2D eigenvalue weighted by atomic mass is 9.77. The highest BCUT2D eigenvalue weighted by Gasteiger charge is 2.24. The molecule has 128 valence electrons. The Labute approximate surface area is 141 Å². The van der Waals surface area contributed by atoms with Crippen molar-refractivity contribution in [1.29, 1.82) is 0 Å². The van der Waals surface area contributed by atoms with Crippen LogP contribution in [0, 0.1) is 5.92 Å². The molecule has 1 aliphatic carbocycles. The van der Waals surface area contributed by atoms with E-state index < -0.39 is 0 Å². The molecule has 2 aliphatic rings. The molecule has 1 aliphatic heterocycles. The van der Waals surface area contributed by atoms with E-state index in [4.69, 9.17) is 9.47 Å². The van der Waals surface area contributed by atoms with Crippen LogP contribution in [0.5, 0.6) is 0 Å². The van der Waals surface area contributed by atoms with Gasteiger partial charge in [-0.25, -0.2) is 0 Å². The van der Waals surface area contributed by atoms with Crippen LogP contribution in [0.4, 0.5) is 0 Å². The van der Waals surface area contributed by atoms with Crippen LogP contribution in [0.15, 0.2) is 24.3 Å². The summed E-state index contributed by atoms with van der Waals surface area (Å²) in [6, 6.07) is 9.44. The predicted molar refractivity (Wildman–Crippen MR) is 94.8 cm³/mol. The van der Waals surface area contributed by atoms with Crippen molar-refractivity contribution >= 4 is 0 Å². The van der Waals surface area contributed by atoms with Crippen LogP contribution >= 0.6 is 0 Å². The monoisotopic (exact) mass is 316 g/mol. The lowest BCUT2D eigenvalue weighted by Gasteiger charge is -2.30. The van der Waals surface area contributed by atoms with Gasteiger partial charge in [-0.1, -0.05) is 44.0 Å². The largest absolute Gasteiger partial charge is 0.356 e. The number of ether oxygens (including phenoxy) is 2. The van der Waals surface area contributed by atoms with Gasteiger partial charge in [0.1, 0.15) is 0 Å². The number of rotatable bonds is 5. The summed E-state index contributed by atoms with van der Waals surface area (Å²) in [5, 5.41) is 0. The molecular weight excluding hydrogens is 284 g/mol. The van der Waals surface area contributed by atoms with E-state index in [9.17, 15) is 0 Å². The van der Waals surface area contributed by atoms with Crippen molar-refractivity contribution in [2.24, 2.45) is 5.92 Å². The Hall–Kier alpha value is -0.860. The van der Waals surface area contributed by atoms with Crippen LogP contribution in [-0.2, 0) is 9.47 Å². The van der Waals surface area contributed by atoms with E-state index in [0.717, 1.165) is 24.9 Å². The average Bonchev–Trinajstić information content (AvgIpc) is 2.63. The highest BCUT2D eigenvalue weighted by molar-refractivity contribution is 5.28. The van der Waals surface area contributed by atoms with Gasteiger partial charge in [0.15, 0.2) is 6.29 Å². The van der Waals surface area contributed by atoms with Gasteiger partial charge in [0.05, 0.1) is 6.61 Å². The summed E-state index contributed by atoms with van der Waals surface area (Å²) in [6.07, 6.45) is 10.6. The zero-order chi connectivity index (χ0) is 16.1. The van der Waals surface area contributed by atoms with Gasteiger partial charge in [-0.05, 0) is 61.5 Å². The lowest BCUT2D eigenvalue weighted by Crippen LogP contribution is -2.26. The third-order valence-electron chi connectivity index (χ3n) is 5.92. The van der Waals surface area contributed by atoms with E-state index in [0.29, 0.717) is 5.92 Å². The van der Waals surface area contributed by atoms with Gasteiger partial charge < -0.3 is 9.47 Å². The fourth-order valence-corrected chi connectivity index (χ4v) is 4.41. The van der Waals surface area contributed by atoms with E-state index in [1.54, 1.807) is 12.7 Å². The number of methoxy groups -OCH3 is 1. The van der Waals surface area contributed by atoms with Gasteiger partial charge in [-0.3, -0.25) is 0 Å². The van der Waals surface area contributed by atoms with Gasteiger partial charge in [0.2, 0.25) is 0 Å². The Balaban J connectivity index is 1.53. The van der Waals surface area contributed by atoms with Gasteiger partial charge in [0.25, 0.3) is 0 Å². The molecule has 2 unspecified atom stereocenters. The van der Waals surface area contributed by atoms with E-state index in [1.165, 1.54) is 50.5 Å². The maximum absolute atomic E-state index is 5.75. The summed E-state index contributed by atoms with van der Waals surface area (Å²) in [5.41, 5.74) is 2.98. The molecule has 1 saturated carbocycles. The normalized spacial score (nSPS) is 31.9. The molecule has 0 amide bonds. The molecule has 23 heavy (non-hydrogen) atoms. The van der Waals surface area contributed by atoms with Crippen molar-refractivity contribution in [2.45, 2.75) is 76.4 Å². The fraction of sp³-hybridized carbons (Fsp3) is 0.714. The van der Waals surface area contributed by atoms with E-state index >= 15 is 0 Å². The van der Waals surface area contributed by atoms with E-state index in [-0.39, 0.29) is 6.29 Å². The minimum absolute atomic E-state index is 0.00354. The summed E-state index contributed by atoms with van der Waals surface area (Å²) in [6.45, 7) is 3.11. The second-order valence-electron chi connectivity index (χ2n) is 7.45. The fourth-order valence-electron chi connectivity index (χ4n) is 4.41. The Bertz CT molecular complexity index is 451. The van der Waals surface area contributed by atoms with Crippen LogP contribution < -0.4 is 0 Å². The molecule has 2 nitrogen and oxygen atoms in total. The molecule has 0 bridgehead atoms. The van der Waals surface area contributed by atoms with Gasteiger partial charge >= 0.3 is 0 Å². The SMILES string of the molecule is CCCC1CCC(c2ccc(C3CCC(OC)OC3)cc2)CC1. The number of hydrogen-bond acceptors (Lipinski definition) is 2. The van der Waals surface area contributed by atoms with Crippen LogP contribution in [0.3, 0.4) is 0 Å². The molecule has 2 atom stereocenters. The van der Waals surface area contributed by atoms with Crippen LogP contribution in [-0.4, -0.2) is 20.0 Å². The van der Waals surface area contributed by atoms with Crippen molar-refractivity contribution in [1.82, 2.24) is 0 Å². The molecule has 1 heterocycles. The Morgan fingerprint density at radius 1 is 0.913 bits per heavy atom. The number of hydrogen-bond donors (Lipinski definition) is 0. The smallest absolute Gasteiger partial charge is 0.157 e. The Kier molecular flexibility index (Phi) is 6.13. The first-order valence-corrected chi connectivity index (χ1v) is 9.54. The van der Waals surface area contributed by atoms with E-state index in [2.05, 4.69) is 31.2 Å². The van der Waals surface area contributed by atoms with Gasteiger partial charge in [0, 0.05) is 13.0 Å². The minimum atomic E-state index is 0.00354. The average molecular weight is 316 g/mol. The first-order chi connectivity index (χ1) is 11.3.